The first-order valence-corrected chi connectivity index (χ1v) is 9.09. The van der Waals surface area contributed by atoms with Crippen molar-refractivity contribution in [2.75, 3.05) is 39.4 Å². The van der Waals surface area contributed by atoms with Gasteiger partial charge in [0.2, 0.25) is 0 Å². The van der Waals surface area contributed by atoms with Crippen LogP contribution in [0.1, 0.15) is 36.5 Å². The minimum atomic E-state index is 0.0538. The molecule has 132 valence electrons. The molecule has 1 saturated heterocycles. The van der Waals surface area contributed by atoms with Gasteiger partial charge < -0.3 is 14.7 Å². The minimum Gasteiger partial charge on any atom is -0.492 e. The van der Waals surface area contributed by atoms with E-state index >= 15 is 0 Å². The van der Waals surface area contributed by atoms with E-state index in [0.717, 1.165) is 19.5 Å². The lowest BCUT2D eigenvalue weighted by molar-refractivity contribution is 0.0469. The summed E-state index contributed by atoms with van der Waals surface area (Å²) in [7, 11) is 0. The molecule has 1 aromatic rings. The molecule has 1 aliphatic heterocycles. The summed E-state index contributed by atoms with van der Waals surface area (Å²) in [5.41, 5.74) is 0.667. The average Bonchev–Trinajstić information content (AvgIpc) is 3.46. The zero-order valence-corrected chi connectivity index (χ0v) is 14.5. The first-order chi connectivity index (χ1) is 11.7. The number of para-hydroxylation sites is 1. The van der Waals surface area contributed by atoms with Gasteiger partial charge in [0.1, 0.15) is 5.75 Å². The summed E-state index contributed by atoms with van der Waals surface area (Å²) in [5, 5.41) is 9.44. The average molecular weight is 332 g/mol. The number of aliphatic hydroxyl groups is 1. The maximum Gasteiger partial charge on any atom is 0.257 e. The Morgan fingerprint density at radius 1 is 1.25 bits per heavy atom. The normalized spacial score (nSPS) is 20.0. The summed E-state index contributed by atoms with van der Waals surface area (Å²) in [4.78, 5) is 17.1. The lowest BCUT2D eigenvalue weighted by Crippen LogP contribution is -2.52. The molecule has 0 spiro atoms. The molecule has 1 aliphatic carbocycles. The number of piperazine rings is 1. The van der Waals surface area contributed by atoms with Crippen LogP contribution in [0.15, 0.2) is 24.3 Å². The molecule has 0 bridgehead atoms. The van der Waals surface area contributed by atoms with Gasteiger partial charge in [-0.05, 0) is 37.3 Å². The Hall–Kier alpha value is -1.59. The fraction of sp³-hybridized carbons (Fsp3) is 0.632. The van der Waals surface area contributed by atoms with Gasteiger partial charge in [0, 0.05) is 32.2 Å². The Morgan fingerprint density at radius 2 is 1.96 bits per heavy atom. The highest BCUT2D eigenvalue weighted by molar-refractivity contribution is 5.97. The molecule has 1 heterocycles. The van der Waals surface area contributed by atoms with Crippen molar-refractivity contribution in [1.82, 2.24) is 9.80 Å². The molecule has 5 heteroatoms. The zero-order chi connectivity index (χ0) is 16.9. The number of carbonyl (C=O) groups excluding carboxylic acids is 1. The van der Waals surface area contributed by atoms with E-state index in [4.69, 9.17) is 4.74 Å². The van der Waals surface area contributed by atoms with Crippen molar-refractivity contribution in [2.45, 2.75) is 32.2 Å². The zero-order valence-electron chi connectivity index (χ0n) is 14.5. The Kier molecular flexibility index (Phi) is 5.74. The van der Waals surface area contributed by atoms with Crippen LogP contribution in [0.5, 0.6) is 5.75 Å². The highest BCUT2D eigenvalue weighted by Gasteiger charge is 2.27. The van der Waals surface area contributed by atoms with Crippen molar-refractivity contribution in [3.63, 3.8) is 0 Å². The highest BCUT2D eigenvalue weighted by Crippen LogP contribution is 2.30. The molecule has 1 N–H and O–H groups in total. The molecule has 24 heavy (non-hydrogen) atoms. The maximum atomic E-state index is 12.9. The predicted molar refractivity (Wildman–Crippen MR) is 93.3 cm³/mol. The van der Waals surface area contributed by atoms with Gasteiger partial charge in [-0.3, -0.25) is 9.69 Å². The Morgan fingerprint density at radius 3 is 2.58 bits per heavy atom. The van der Waals surface area contributed by atoms with Crippen molar-refractivity contribution >= 4 is 5.91 Å². The summed E-state index contributed by atoms with van der Waals surface area (Å²) in [6.45, 7) is 6.02. The first kappa shape index (κ1) is 17.2. The topological polar surface area (TPSA) is 53.0 Å². The van der Waals surface area contributed by atoms with E-state index in [9.17, 15) is 9.90 Å². The van der Waals surface area contributed by atoms with Crippen LogP contribution in [0, 0.1) is 5.92 Å². The molecule has 5 nitrogen and oxygen atoms in total. The Balaban J connectivity index is 1.60. The van der Waals surface area contributed by atoms with Gasteiger partial charge >= 0.3 is 0 Å². The van der Waals surface area contributed by atoms with Crippen LogP contribution < -0.4 is 4.74 Å². The van der Waals surface area contributed by atoms with Crippen molar-refractivity contribution in [3.8, 4) is 5.75 Å². The van der Waals surface area contributed by atoms with Crippen molar-refractivity contribution in [3.05, 3.63) is 29.8 Å². The number of benzene rings is 1. The third-order valence-electron chi connectivity index (χ3n) is 5.09. The van der Waals surface area contributed by atoms with Crippen LogP contribution in [0.25, 0.3) is 0 Å². The van der Waals surface area contributed by atoms with E-state index in [1.807, 2.05) is 29.2 Å². The maximum absolute atomic E-state index is 12.9. The molecule has 0 aromatic heterocycles. The van der Waals surface area contributed by atoms with Gasteiger partial charge in [-0.15, -0.1) is 0 Å². The van der Waals surface area contributed by atoms with Crippen LogP contribution >= 0.6 is 0 Å². The lowest BCUT2D eigenvalue weighted by atomic mass is 10.1. The lowest BCUT2D eigenvalue weighted by Gasteiger charge is -2.38. The first-order valence-electron chi connectivity index (χ1n) is 9.09. The van der Waals surface area contributed by atoms with Crippen LogP contribution in [0.3, 0.4) is 0 Å². The summed E-state index contributed by atoms with van der Waals surface area (Å²) in [6, 6.07) is 7.78. The predicted octanol–water partition coefficient (Wildman–Crippen LogP) is 2.00. The van der Waals surface area contributed by atoms with Crippen LogP contribution in [0.4, 0.5) is 0 Å². The molecule has 0 radical (unpaired) electrons. The molecule has 2 fully saturated rings. The van der Waals surface area contributed by atoms with Crippen molar-refractivity contribution < 1.29 is 14.6 Å². The summed E-state index contributed by atoms with van der Waals surface area (Å²) in [5.74, 6) is 1.43. The number of carbonyl (C=O) groups is 1. The van der Waals surface area contributed by atoms with Gasteiger partial charge in [0.05, 0.1) is 18.8 Å². The second kappa shape index (κ2) is 7.99. The molecular formula is C19H28N2O3. The van der Waals surface area contributed by atoms with E-state index in [1.54, 1.807) is 0 Å². The van der Waals surface area contributed by atoms with Crippen LogP contribution in [0.2, 0.25) is 0 Å². The van der Waals surface area contributed by atoms with E-state index < -0.39 is 0 Å². The third-order valence-corrected chi connectivity index (χ3v) is 5.09. The quantitative estimate of drug-likeness (QED) is 0.830. The molecule has 1 aromatic carbocycles. The molecule has 2 aliphatic rings. The number of amides is 1. The van der Waals surface area contributed by atoms with Gasteiger partial charge in [-0.2, -0.15) is 0 Å². The smallest absolute Gasteiger partial charge is 0.257 e. The molecule has 1 amide bonds. The number of aliphatic hydroxyl groups excluding tert-OH is 1. The largest absolute Gasteiger partial charge is 0.492 e. The summed E-state index contributed by atoms with van der Waals surface area (Å²) in [6.07, 6.45) is 3.41. The Bertz CT molecular complexity index is 547. The number of ether oxygens (including phenoxy) is 1. The minimum absolute atomic E-state index is 0.0538. The van der Waals surface area contributed by atoms with E-state index in [0.29, 0.717) is 36.9 Å². The van der Waals surface area contributed by atoms with E-state index in [2.05, 4.69) is 11.8 Å². The van der Waals surface area contributed by atoms with Gasteiger partial charge in [0.15, 0.2) is 0 Å². The number of hydrogen-bond donors (Lipinski definition) is 1. The van der Waals surface area contributed by atoms with Gasteiger partial charge in [-0.25, -0.2) is 0 Å². The fourth-order valence-electron chi connectivity index (χ4n) is 3.22. The van der Waals surface area contributed by atoms with Crippen LogP contribution in [-0.2, 0) is 0 Å². The molecule has 1 unspecified atom stereocenters. The molecule has 3 rings (SSSR count). The van der Waals surface area contributed by atoms with Crippen molar-refractivity contribution in [1.29, 1.82) is 0 Å². The summed E-state index contributed by atoms with van der Waals surface area (Å²) >= 11 is 0. The van der Waals surface area contributed by atoms with E-state index in [1.165, 1.54) is 12.8 Å². The third kappa shape index (κ3) is 4.08. The molecular weight excluding hydrogens is 304 g/mol. The number of rotatable bonds is 7. The van der Waals surface area contributed by atoms with Crippen molar-refractivity contribution in [2.24, 2.45) is 5.92 Å². The Labute approximate surface area is 144 Å². The fourth-order valence-corrected chi connectivity index (χ4v) is 3.22. The van der Waals surface area contributed by atoms with Gasteiger partial charge in [-0.1, -0.05) is 19.1 Å². The van der Waals surface area contributed by atoms with Gasteiger partial charge in [0.25, 0.3) is 5.91 Å². The number of nitrogens with zero attached hydrogens (tertiary/aromatic N) is 2. The highest BCUT2D eigenvalue weighted by atomic mass is 16.5. The standard InChI is InChI=1S/C19H28N2O3/c1-2-16(13-22)20-9-11-21(12-10-20)19(23)17-5-3-4-6-18(17)24-14-15-7-8-15/h3-6,15-16,22H,2,7-14H2,1H3. The van der Waals surface area contributed by atoms with E-state index in [-0.39, 0.29) is 18.6 Å². The number of hydrogen-bond acceptors (Lipinski definition) is 4. The second-order valence-corrected chi connectivity index (χ2v) is 6.82. The SMILES string of the molecule is CCC(CO)N1CCN(C(=O)c2ccccc2OCC2CC2)CC1. The molecule has 1 saturated carbocycles. The second-order valence-electron chi connectivity index (χ2n) is 6.82. The monoisotopic (exact) mass is 332 g/mol. The summed E-state index contributed by atoms with van der Waals surface area (Å²) < 4.78 is 5.88. The van der Waals surface area contributed by atoms with Crippen LogP contribution in [-0.4, -0.2) is 66.2 Å². The molecule has 1 atom stereocenters.